The number of carboxylic acids is 1. The maximum atomic E-state index is 11.7. The lowest BCUT2D eigenvalue weighted by atomic mass is 10.1. The van der Waals surface area contributed by atoms with Crippen molar-refractivity contribution in [3.05, 3.63) is 36.0 Å². The number of para-hydroxylation sites is 1. The molecule has 1 aromatic heterocycles. The number of aromatic carboxylic acids is 1. The van der Waals surface area contributed by atoms with Gasteiger partial charge in [0.05, 0.1) is 11.4 Å². The Morgan fingerprint density at radius 2 is 2.14 bits per heavy atom. The number of nitrogens with one attached hydrogen (secondary N) is 1. The summed E-state index contributed by atoms with van der Waals surface area (Å²) in [6.45, 7) is 0.600. The van der Waals surface area contributed by atoms with Crippen LogP contribution in [0.5, 0.6) is 0 Å². The fourth-order valence-corrected chi connectivity index (χ4v) is 2.41. The van der Waals surface area contributed by atoms with Gasteiger partial charge >= 0.3 is 5.97 Å². The molecule has 0 aliphatic carbocycles. The molecule has 2 N–H and O–H groups in total. The van der Waals surface area contributed by atoms with Crippen LogP contribution in [0.4, 0.5) is 5.69 Å². The van der Waals surface area contributed by atoms with E-state index in [0.717, 1.165) is 11.3 Å². The number of carboxylic acid groups (broad SMARTS) is 1. The SMILES string of the molecule is CN1C(=O)CCN1c1ccccc1-c1cc(C(=O)O)[nH]n1. The molecule has 1 amide bonds. The Kier molecular flexibility index (Phi) is 3.09. The monoisotopic (exact) mass is 286 g/mol. The van der Waals surface area contributed by atoms with E-state index >= 15 is 0 Å². The molecule has 3 rings (SSSR count). The molecule has 1 saturated heterocycles. The van der Waals surface area contributed by atoms with E-state index in [1.54, 1.807) is 12.1 Å². The first kappa shape index (κ1) is 13.2. The molecule has 1 aliphatic rings. The van der Waals surface area contributed by atoms with Gasteiger partial charge in [0.15, 0.2) is 0 Å². The molecular formula is C14H14N4O3. The number of H-pyrrole nitrogens is 1. The Morgan fingerprint density at radius 3 is 2.76 bits per heavy atom. The summed E-state index contributed by atoms with van der Waals surface area (Å²) in [5.74, 6) is -1.00. The second-order valence-electron chi connectivity index (χ2n) is 4.78. The third kappa shape index (κ3) is 2.22. The van der Waals surface area contributed by atoms with E-state index in [2.05, 4.69) is 10.2 Å². The molecule has 0 saturated carbocycles. The second kappa shape index (κ2) is 4.93. The van der Waals surface area contributed by atoms with E-state index in [1.165, 1.54) is 6.07 Å². The Hall–Kier alpha value is -2.83. The highest BCUT2D eigenvalue weighted by Crippen LogP contribution is 2.32. The normalized spacial score (nSPS) is 14.8. The van der Waals surface area contributed by atoms with Crippen molar-refractivity contribution in [2.24, 2.45) is 0 Å². The molecule has 0 radical (unpaired) electrons. The van der Waals surface area contributed by atoms with Gasteiger partial charge in [0.1, 0.15) is 5.69 Å². The number of hydrogen-bond donors (Lipinski definition) is 2. The lowest BCUT2D eigenvalue weighted by Gasteiger charge is -2.27. The van der Waals surface area contributed by atoms with Gasteiger partial charge < -0.3 is 5.11 Å². The van der Waals surface area contributed by atoms with Gasteiger partial charge in [-0.15, -0.1) is 0 Å². The van der Waals surface area contributed by atoms with Crippen LogP contribution < -0.4 is 5.01 Å². The van der Waals surface area contributed by atoms with Crippen LogP contribution >= 0.6 is 0 Å². The van der Waals surface area contributed by atoms with E-state index in [1.807, 2.05) is 29.3 Å². The standard InChI is InChI=1S/C14H14N4O3/c1-17-13(19)6-7-18(17)12-5-3-2-4-9(12)10-8-11(14(20)21)16-15-10/h2-5,8H,6-7H2,1H3,(H,15,16)(H,20,21). The number of benzene rings is 1. The molecule has 0 bridgehead atoms. The van der Waals surface area contributed by atoms with Gasteiger partial charge in [-0.2, -0.15) is 5.10 Å². The van der Waals surface area contributed by atoms with Crippen molar-refractivity contribution < 1.29 is 14.7 Å². The van der Waals surface area contributed by atoms with Crippen molar-refractivity contribution in [2.75, 3.05) is 18.6 Å². The summed E-state index contributed by atoms with van der Waals surface area (Å²) in [5, 5.41) is 18.9. The van der Waals surface area contributed by atoms with Crippen LogP contribution in [-0.2, 0) is 4.79 Å². The minimum absolute atomic E-state index is 0.0330. The molecule has 1 aliphatic heterocycles. The lowest BCUT2D eigenvalue weighted by molar-refractivity contribution is -0.126. The zero-order chi connectivity index (χ0) is 15.0. The summed E-state index contributed by atoms with van der Waals surface area (Å²) >= 11 is 0. The largest absolute Gasteiger partial charge is 0.477 e. The molecule has 2 aromatic rings. The fraction of sp³-hybridized carbons (Fsp3) is 0.214. The van der Waals surface area contributed by atoms with Crippen molar-refractivity contribution >= 4 is 17.6 Å². The van der Waals surface area contributed by atoms with Gasteiger partial charge in [-0.25, -0.2) is 4.79 Å². The average Bonchev–Trinajstić information content (AvgIpc) is 3.08. The number of anilines is 1. The molecule has 7 heteroatoms. The predicted octanol–water partition coefficient (Wildman–Crippen LogP) is 1.36. The van der Waals surface area contributed by atoms with E-state index in [0.29, 0.717) is 18.7 Å². The predicted molar refractivity (Wildman–Crippen MR) is 75.7 cm³/mol. The van der Waals surface area contributed by atoms with Crippen molar-refractivity contribution in [1.29, 1.82) is 0 Å². The number of hydrazine groups is 1. The first-order chi connectivity index (χ1) is 10.1. The number of carbonyl (C=O) groups is 2. The Labute approximate surface area is 120 Å². The van der Waals surface area contributed by atoms with Crippen LogP contribution in [0.15, 0.2) is 30.3 Å². The third-order valence-electron chi connectivity index (χ3n) is 3.53. The highest BCUT2D eigenvalue weighted by atomic mass is 16.4. The summed E-state index contributed by atoms with van der Waals surface area (Å²) in [4.78, 5) is 22.6. The Morgan fingerprint density at radius 1 is 1.38 bits per heavy atom. The van der Waals surface area contributed by atoms with Gasteiger partial charge in [-0.1, -0.05) is 18.2 Å². The van der Waals surface area contributed by atoms with Crippen molar-refractivity contribution in [3.8, 4) is 11.3 Å². The number of amides is 1. The molecule has 1 fully saturated rings. The molecule has 0 unspecified atom stereocenters. The molecule has 7 nitrogen and oxygen atoms in total. The minimum Gasteiger partial charge on any atom is -0.477 e. The summed E-state index contributed by atoms with van der Waals surface area (Å²) in [6, 6.07) is 8.96. The number of hydrogen-bond acceptors (Lipinski definition) is 4. The van der Waals surface area contributed by atoms with Crippen LogP contribution in [-0.4, -0.2) is 45.8 Å². The molecule has 1 aromatic carbocycles. The topological polar surface area (TPSA) is 89.5 Å². The van der Waals surface area contributed by atoms with Crippen LogP contribution in [0.25, 0.3) is 11.3 Å². The zero-order valence-electron chi connectivity index (χ0n) is 11.4. The lowest BCUT2D eigenvalue weighted by Crippen LogP contribution is -2.35. The van der Waals surface area contributed by atoms with E-state index < -0.39 is 5.97 Å². The highest BCUT2D eigenvalue weighted by molar-refractivity contribution is 5.89. The number of carbonyl (C=O) groups excluding carboxylic acids is 1. The number of nitrogens with zero attached hydrogens (tertiary/aromatic N) is 3. The zero-order valence-corrected chi connectivity index (χ0v) is 11.4. The molecular weight excluding hydrogens is 272 g/mol. The third-order valence-corrected chi connectivity index (χ3v) is 3.53. The summed E-state index contributed by atoms with van der Waals surface area (Å²) in [7, 11) is 1.72. The number of rotatable bonds is 3. The van der Waals surface area contributed by atoms with Gasteiger partial charge in [-0.05, 0) is 12.1 Å². The van der Waals surface area contributed by atoms with Gasteiger partial charge in [0.2, 0.25) is 5.91 Å². The summed E-state index contributed by atoms with van der Waals surface area (Å²) in [5.41, 5.74) is 2.18. The van der Waals surface area contributed by atoms with Crippen molar-refractivity contribution in [2.45, 2.75) is 6.42 Å². The number of aromatic amines is 1. The molecule has 0 atom stereocenters. The average molecular weight is 286 g/mol. The van der Waals surface area contributed by atoms with Crippen LogP contribution in [0, 0.1) is 0 Å². The molecule has 0 spiro atoms. The maximum absolute atomic E-state index is 11.7. The number of aromatic nitrogens is 2. The van der Waals surface area contributed by atoms with Crippen molar-refractivity contribution in [3.63, 3.8) is 0 Å². The quantitative estimate of drug-likeness (QED) is 0.889. The van der Waals surface area contributed by atoms with Gasteiger partial charge in [-0.3, -0.25) is 19.9 Å². The van der Waals surface area contributed by atoms with E-state index in [9.17, 15) is 9.59 Å². The smallest absolute Gasteiger partial charge is 0.353 e. The summed E-state index contributed by atoms with van der Waals surface area (Å²) < 4.78 is 0. The minimum atomic E-state index is -1.06. The first-order valence-corrected chi connectivity index (χ1v) is 6.50. The van der Waals surface area contributed by atoms with Gasteiger partial charge in [0.25, 0.3) is 0 Å². The molecule has 21 heavy (non-hydrogen) atoms. The maximum Gasteiger partial charge on any atom is 0.353 e. The van der Waals surface area contributed by atoms with Crippen LogP contribution in [0.1, 0.15) is 16.9 Å². The van der Waals surface area contributed by atoms with E-state index in [-0.39, 0.29) is 11.6 Å². The van der Waals surface area contributed by atoms with Crippen LogP contribution in [0.2, 0.25) is 0 Å². The molecule has 108 valence electrons. The van der Waals surface area contributed by atoms with Gasteiger partial charge in [0, 0.05) is 25.6 Å². The summed E-state index contributed by atoms with van der Waals surface area (Å²) in [6.07, 6.45) is 0.464. The first-order valence-electron chi connectivity index (χ1n) is 6.50. The second-order valence-corrected chi connectivity index (χ2v) is 4.78. The molecule has 2 heterocycles. The highest BCUT2D eigenvalue weighted by Gasteiger charge is 2.27. The Bertz CT molecular complexity index is 710. The van der Waals surface area contributed by atoms with Crippen molar-refractivity contribution in [1.82, 2.24) is 15.2 Å². The fourth-order valence-electron chi connectivity index (χ4n) is 2.41. The van der Waals surface area contributed by atoms with Crippen LogP contribution in [0.3, 0.4) is 0 Å². The van der Waals surface area contributed by atoms with E-state index in [4.69, 9.17) is 5.11 Å². The Balaban J connectivity index is 2.03.